The van der Waals surface area contributed by atoms with Crippen molar-refractivity contribution in [3.05, 3.63) is 54.2 Å². The van der Waals surface area contributed by atoms with E-state index in [1.165, 1.54) is 0 Å². The molecule has 2 rings (SSSR count). The zero-order valence-corrected chi connectivity index (χ0v) is 8.72. The van der Waals surface area contributed by atoms with Crippen molar-refractivity contribution in [2.45, 2.75) is 6.54 Å². The lowest BCUT2D eigenvalue weighted by Gasteiger charge is -2.06. The van der Waals surface area contributed by atoms with Gasteiger partial charge in [-0.05, 0) is 29.8 Å². The van der Waals surface area contributed by atoms with Gasteiger partial charge in [-0.3, -0.25) is 0 Å². The van der Waals surface area contributed by atoms with Crippen molar-refractivity contribution in [1.29, 1.82) is 0 Å². The van der Waals surface area contributed by atoms with E-state index in [4.69, 9.17) is 5.21 Å². The summed E-state index contributed by atoms with van der Waals surface area (Å²) in [6.07, 6.45) is 1.74. The Labute approximate surface area is 93.9 Å². The summed E-state index contributed by atoms with van der Waals surface area (Å²) in [6.45, 7) is 0.448. The van der Waals surface area contributed by atoms with Gasteiger partial charge in [0.2, 0.25) is 0 Å². The minimum Gasteiger partial charge on any atom is -0.340 e. The Morgan fingerprint density at radius 3 is 2.50 bits per heavy atom. The molecule has 1 heterocycles. The molecule has 0 aliphatic heterocycles. The zero-order chi connectivity index (χ0) is 11.2. The molecule has 0 bridgehead atoms. The van der Waals surface area contributed by atoms with E-state index in [1.807, 2.05) is 42.5 Å². The fourth-order valence-corrected chi connectivity index (χ4v) is 1.38. The van der Waals surface area contributed by atoms with E-state index < -0.39 is 0 Å². The van der Waals surface area contributed by atoms with Crippen LogP contribution < -0.4 is 10.8 Å². The van der Waals surface area contributed by atoms with Gasteiger partial charge in [0.1, 0.15) is 5.82 Å². The first kappa shape index (κ1) is 10.6. The highest BCUT2D eigenvalue weighted by molar-refractivity contribution is 5.55. The summed E-state index contributed by atoms with van der Waals surface area (Å²) in [5.74, 6) is 0.815. The van der Waals surface area contributed by atoms with Crippen molar-refractivity contribution in [2.75, 3.05) is 5.32 Å². The van der Waals surface area contributed by atoms with E-state index in [2.05, 4.69) is 15.8 Å². The highest BCUT2D eigenvalue weighted by Crippen LogP contribution is 2.14. The number of nitrogens with zero attached hydrogens (tertiary/aromatic N) is 1. The van der Waals surface area contributed by atoms with Gasteiger partial charge in [0.05, 0.1) is 0 Å². The lowest BCUT2D eigenvalue weighted by atomic mass is 10.2. The second-order valence-electron chi connectivity index (χ2n) is 3.37. The highest BCUT2D eigenvalue weighted by Gasteiger charge is 1.95. The van der Waals surface area contributed by atoms with E-state index >= 15 is 0 Å². The molecule has 1 aromatic carbocycles. The number of hydrogen-bond acceptors (Lipinski definition) is 4. The molecule has 1 aromatic heterocycles. The van der Waals surface area contributed by atoms with Crippen molar-refractivity contribution >= 4 is 11.5 Å². The fraction of sp³-hybridized carbons (Fsp3) is 0.0833. The van der Waals surface area contributed by atoms with Crippen molar-refractivity contribution in [3.63, 3.8) is 0 Å². The Balaban J connectivity index is 2.05. The predicted octanol–water partition coefficient (Wildman–Crippen LogP) is 2.30. The van der Waals surface area contributed by atoms with Crippen LogP contribution in [-0.4, -0.2) is 10.2 Å². The number of nitrogens with one attached hydrogen (secondary N) is 2. The number of pyridine rings is 1. The Hall–Kier alpha value is -1.91. The van der Waals surface area contributed by atoms with Crippen molar-refractivity contribution in [2.24, 2.45) is 0 Å². The van der Waals surface area contributed by atoms with Gasteiger partial charge in [0, 0.05) is 18.4 Å². The summed E-state index contributed by atoms with van der Waals surface area (Å²) in [4.78, 5) is 4.17. The smallest absolute Gasteiger partial charge is 0.130 e. The molecule has 0 fully saturated rings. The van der Waals surface area contributed by atoms with Crippen LogP contribution in [0.2, 0.25) is 0 Å². The molecule has 0 amide bonds. The van der Waals surface area contributed by atoms with Crippen LogP contribution >= 0.6 is 0 Å². The normalized spacial score (nSPS) is 10.1. The van der Waals surface area contributed by atoms with Crippen LogP contribution in [0.4, 0.5) is 11.5 Å². The maximum Gasteiger partial charge on any atom is 0.130 e. The second-order valence-corrected chi connectivity index (χ2v) is 3.37. The SMILES string of the molecule is ONCc1ccc(Nc2ccccn2)cc1. The van der Waals surface area contributed by atoms with Crippen LogP contribution in [0.25, 0.3) is 0 Å². The lowest BCUT2D eigenvalue weighted by molar-refractivity contribution is 0.161. The topological polar surface area (TPSA) is 57.2 Å². The first-order chi connectivity index (χ1) is 7.88. The molecule has 0 saturated carbocycles. The van der Waals surface area contributed by atoms with E-state index in [-0.39, 0.29) is 0 Å². The van der Waals surface area contributed by atoms with Gasteiger partial charge in [-0.15, -0.1) is 0 Å². The van der Waals surface area contributed by atoms with Crippen molar-refractivity contribution < 1.29 is 5.21 Å². The number of hydrogen-bond donors (Lipinski definition) is 3. The first-order valence-corrected chi connectivity index (χ1v) is 5.02. The molecule has 0 aliphatic rings. The zero-order valence-electron chi connectivity index (χ0n) is 8.72. The summed E-state index contributed by atoms with van der Waals surface area (Å²) < 4.78 is 0. The molecule has 0 saturated heterocycles. The van der Waals surface area contributed by atoms with Gasteiger partial charge in [-0.1, -0.05) is 18.2 Å². The van der Waals surface area contributed by atoms with Gasteiger partial charge in [0.25, 0.3) is 0 Å². The number of aromatic nitrogens is 1. The third kappa shape index (κ3) is 2.79. The minimum atomic E-state index is 0.448. The number of benzene rings is 1. The molecule has 0 unspecified atom stereocenters. The third-order valence-corrected chi connectivity index (χ3v) is 2.17. The summed E-state index contributed by atoms with van der Waals surface area (Å²) in [6, 6.07) is 13.5. The Bertz CT molecular complexity index is 428. The molecule has 82 valence electrons. The van der Waals surface area contributed by atoms with Crippen molar-refractivity contribution in [3.8, 4) is 0 Å². The molecular formula is C12H13N3O. The molecule has 0 radical (unpaired) electrons. The van der Waals surface area contributed by atoms with Gasteiger partial charge < -0.3 is 10.5 Å². The second kappa shape index (κ2) is 5.25. The first-order valence-electron chi connectivity index (χ1n) is 5.02. The third-order valence-electron chi connectivity index (χ3n) is 2.17. The largest absolute Gasteiger partial charge is 0.340 e. The van der Waals surface area contributed by atoms with Gasteiger partial charge >= 0.3 is 0 Å². The summed E-state index contributed by atoms with van der Waals surface area (Å²) in [5.41, 5.74) is 4.12. The monoisotopic (exact) mass is 215 g/mol. The quantitative estimate of drug-likeness (QED) is 0.685. The Morgan fingerprint density at radius 1 is 1.06 bits per heavy atom. The van der Waals surface area contributed by atoms with Gasteiger partial charge in [0.15, 0.2) is 0 Å². The van der Waals surface area contributed by atoms with E-state index in [1.54, 1.807) is 6.20 Å². The van der Waals surface area contributed by atoms with Crippen LogP contribution in [0.15, 0.2) is 48.7 Å². The van der Waals surface area contributed by atoms with Crippen LogP contribution in [0.1, 0.15) is 5.56 Å². The van der Waals surface area contributed by atoms with E-state index in [0.29, 0.717) is 6.54 Å². The Morgan fingerprint density at radius 2 is 1.88 bits per heavy atom. The molecule has 4 nitrogen and oxygen atoms in total. The highest BCUT2D eigenvalue weighted by atomic mass is 16.5. The van der Waals surface area contributed by atoms with Crippen LogP contribution in [0, 0.1) is 0 Å². The predicted molar refractivity (Wildman–Crippen MR) is 62.6 cm³/mol. The molecule has 0 atom stereocenters. The summed E-state index contributed by atoms with van der Waals surface area (Å²) >= 11 is 0. The molecular weight excluding hydrogens is 202 g/mol. The summed E-state index contributed by atoms with van der Waals surface area (Å²) in [7, 11) is 0. The number of hydroxylamine groups is 1. The molecule has 2 aromatic rings. The van der Waals surface area contributed by atoms with Crippen LogP contribution in [0.3, 0.4) is 0 Å². The van der Waals surface area contributed by atoms with Gasteiger partial charge in [-0.25, -0.2) is 10.5 Å². The lowest BCUT2D eigenvalue weighted by Crippen LogP contribution is -2.05. The molecule has 3 N–H and O–H groups in total. The summed E-state index contributed by atoms with van der Waals surface area (Å²) in [5, 5.41) is 11.7. The standard InChI is InChI=1S/C12H13N3O/c16-14-9-10-4-6-11(7-5-10)15-12-3-1-2-8-13-12/h1-8,14,16H,9H2,(H,13,15). The van der Waals surface area contributed by atoms with E-state index in [9.17, 15) is 0 Å². The average Bonchev–Trinajstić information content (AvgIpc) is 2.33. The van der Waals surface area contributed by atoms with Crippen molar-refractivity contribution in [1.82, 2.24) is 10.5 Å². The number of rotatable bonds is 4. The maximum absolute atomic E-state index is 8.55. The molecule has 4 heteroatoms. The molecule has 0 spiro atoms. The fourth-order valence-electron chi connectivity index (χ4n) is 1.38. The van der Waals surface area contributed by atoms with E-state index in [0.717, 1.165) is 17.1 Å². The number of anilines is 2. The molecule has 0 aliphatic carbocycles. The van der Waals surface area contributed by atoms with Gasteiger partial charge in [-0.2, -0.15) is 0 Å². The minimum absolute atomic E-state index is 0.448. The maximum atomic E-state index is 8.55. The average molecular weight is 215 g/mol. The Kier molecular flexibility index (Phi) is 3.48. The van der Waals surface area contributed by atoms with Crippen LogP contribution in [-0.2, 0) is 6.54 Å². The molecule has 16 heavy (non-hydrogen) atoms. The van der Waals surface area contributed by atoms with Crippen LogP contribution in [0.5, 0.6) is 0 Å².